The summed E-state index contributed by atoms with van der Waals surface area (Å²) in [5.74, 6) is -1.08. The fourth-order valence-electron chi connectivity index (χ4n) is 1.63. The van der Waals surface area contributed by atoms with Gasteiger partial charge >= 0.3 is 5.97 Å². The van der Waals surface area contributed by atoms with Gasteiger partial charge in [-0.3, -0.25) is 4.40 Å². The fraction of sp³-hybridized carbons (Fsp3) is 0.273. The summed E-state index contributed by atoms with van der Waals surface area (Å²) >= 11 is 5.85. The van der Waals surface area contributed by atoms with Gasteiger partial charge in [-0.05, 0) is 19.9 Å². The first kappa shape index (κ1) is 11.9. The van der Waals surface area contributed by atoms with Gasteiger partial charge in [0, 0.05) is 6.20 Å². The highest BCUT2D eigenvalue weighted by molar-refractivity contribution is 6.33. The summed E-state index contributed by atoms with van der Waals surface area (Å²) < 4.78 is 19.5. The lowest BCUT2D eigenvalue weighted by Crippen LogP contribution is -2.09. The van der Waals surface area contributed by atoms with Crippen molar-refractivity contribution in [2.45, 2.75) is 13.8 Å². The number of carbonyl (C=O) groups is 1. The first-order chi connectivity index (χ1) is 8.04. The molecular weight excluding hydrogens is 247 g/mol. The number of halogens is 2. The Bertz CT molecular complexity index is 595. The van der Waals surface area contributed by atoms with E-state index in [9.17, 15) is 9.18 Å². The average Bonchev–Trinajstić information content (AvgIpc) is 2.55. The van der Waals surface area contributed by atoms with Crippen LogP contribution in [-0.2, 0) is 4.74 Å². The van der Waals surface area contributed by atoms with E-state index in [1.54, 1.807) is 13.8 Å². The van der Waals surface area contributed by atoms with Gasteiger partial charge in [0.25, 0.3) is 0 Å². The Balaban J connectivity index is 2.70. The molecule has 0 fully saturated rings. The third kappa shape index (κ3) is 1.98. The summed E-state index contributed by atoms with van der Waals surface area (Å²) in [6.07, 6.45) is 1.16. The van der Waals surface area contributed by atoms with Crippen LogP contribution in [0.1, 0.15) is 23.1 Å². The number of pyridine rings is 1. The Morgan fingerprint density at radius 1 is 1.65 bits per heavy atom. The molecule has 0 aliphatic heterocycles. The molecule has 0 saturated heterocycles. The van der Waals surface area contributed by atoms with Crippen molar-refractivity contribution in [3.05, 3.63) is 34.5 Å². The van der Waals surface area contributed by atoms with Crippen LogP contribution in [-0.4, -0.2) is 22.0 Å². The number of fused-ring (bicyclic) bond motifs is 1. The van der Waals surface area contributed by atoms with Gasteiger partial charge in [-0.2, -0.15) is 0 Å². The molecule has 2 rings (SSSR count). The van der Waals surface area contributed by atoms with Crippen molar-refractivity contribution in [1.82, 2.24) is 9.38 Å². The summed E-state index contributed by atoms with van der Waals surface area (Å²) in [5, 5.41) is 0.156. The highest BCUT2D eigenvalue weighted by Gasteiger charge is 2.19. The lowest BCUT2D eigenvalue weighted by Gasteiger charge is -2.03. The summed E-state index contributed by atoms with van der Waals surface area (Å²) in [4.78, 5) is 15.8. The number of hydrogen-bond acceptors (Lipinski definition) is 3. The van der Waals surface area contributed by atoms with Crippen molar-refractivity contribution in [3.63, 3.8) is 0 Å². The zero-order chi connectivity index (χ0) is 12.6. The van der Waals surface area contributed by atoms with E-state index in [4.69, 9.17) is 16.3 Å². The molecular formula is C11H10ClFN2O2. The number of hydrogen-bond donors (Lipinski definition) is 0. The van der Waals surface area contributed by atoms with Crippen molar-refractivity contribution in [2.75, 3.05) is 6.61 Å². The van der Waals surface area contributed by atoms with Crippen molar-refractivity contribution < 1.29 is 13.9 Å². The van der Waals surface area contributed by atoms with E-state index < -0.39 is 11.8 Å². The van der Waals surface area contributed by atoms with Crippen LogP contribution in [0.3, 0.4) is 0 Å². The van der Waals surface area contributed by atoms with Crippen LogP contribution in [0.25, 0.3) is 5.65 Å². The van der Waals surface area contributed by atoms with E-state index >= 15 is 0 Å². The number of nitrogens with zero attached hydrogens (tertiary/aromatic N) is 2. The molecule has 0 spiro atoms. The molecule has 0 bridgehead atoms. The van der Waals surface area contributed by atoms with E-state index in [-0.39, 0.29) is 17.3 Å². The molecule has 0 aromatic carbocycles. The second-order valence-electron chi connectivity index (χ2n) is 3.47. The first-order valence-corrected chi connectivity index (χ1v) is 5.43. The molecule has 4 nitrogen and oxygen atoms in total. The van der Waals surface area contributed by atoms with Crippen LogP contribution in [0, 0.1) is 12.7 Å². The minimum Gasteiger partial charge on any atom is -0.461 e. The smallest absolute Gasteiger partial charge is 0.357 e. The second kappa shape index (κ2) is 4.33. The molecule has 0 aliphatic rings. The maximum atomic E-state index is 13.3. The quantitative estimate of drug-likeness (QED) is 0.776. The third-order valence-electron chi connectivity index (χ3n) is 2.28. The molecule has 2 aromatic heterocycles. The fourth-order valence-corrected chi connectivity index (χ4v) is 1.87. The zero-order valence-electron chi connectivity index (χ0n) is 9.33. The molecule has 0 radical (unpaired) electrons. The largest absolute Gasteiger partial charge is 0.461 e. The van der Waals surface area contributed by atoms with E-state index in [1.165, 1.54) is 4.40 Å². The molecule has 0 unspecified atom stereocenters. The van der Waals surface area contributed by atoms with Gasteiger partial charge in [0.05, 0.1) is 17.3 Å². The van der Waals surface area contributed by atoms with E-state index in [1.807, 2.05) is 0 Å². The Morgan fingerprint density at radius 3 is 3.00 bits per heavy atom. The van der Waals surface area contributed by atoms with Crippen LogP contribution in [0.4, 0.5) is 4.39 Å². The highest BCUT2D eigenvalue weighted by Crippen LogP contribution is 2.21. The van der Waals surface area contributed by atoms with Gasteiger partial charge in [0.15, 0.2) is 11.3 Å². The second-order valence-corrected chi connectivity index (χ2v) is 3.87. The van der Waals surface area contributed by atoms with E-state index in [0.29, 0.717) is 11.3 Å². The van der Waals surface area contributed by atoms with Gasteiger partial charge in [-0.15, -0.1) is 0 Å². The van der Waals surface area contributed by atoms with E-state index in [0.717, 1.165) is 12.3 Å². The lowest BCUT2D eigenvalue weighted by atomic mass is 10.3. The number of carbonyl (C=O) groups excluding carboxylic acids is 1. The normalized spacial score (nSPS) is 10.8. The number of imidazole rings is 1. The SMILES string of the molecule is CCOC(=O)c1c(C)nc2c(Cl)cc(F)cn12. The number of esters is 1. The maximum Gasteiger partial charge on any atom is 0.357 e. The molecule has 0 amide bonds. The zero-order valence-corrected chi connectivity index (χ0v) is 10.1. The summed E-state index contributed by atoms with van der Waals surface area (Å²) in [6.45, 7) is 3.59. The Hall–Kier alpha value is -1.62. The minimum absolute atomic E-state index is 0.156. The molecule has 90 valence electrons. The predicted octanol–water partition coefficient (Wildman–Crippen LogP) is 2.61. The van der Waals surface area contributed by atoms with Crippen LogP contribution >= 0.6 is 11.6 Å². The topological polar surface area (TPSA) is 43.6 Å². The third-order valence-corrected chi connectivity index (χ3v) is 2.56. The van der Waals surface area contributed by atoms with Crippen LogP contribution in [0.2, 0.25) is 5.02 Å². The molecule has 0 saturated carbocycles. The average molecular weight is 257 g/mol. The van der Waals surface area contributed by atoms with Crippen LogP contribution in [0.15, 0.2) is 12.3 Å². The highest BCUT2D eigenvalue weighted by atomic mass is 35.5. The summed E-state index contributed by atoms with van der Waals surface area (Å²) in [6, 6.07) is 1.15. The van der Waals surface area contributed by atoms with Gasteiger partial charge in [-0.25, -0.2) is 14.2 Å². The monoisotopic (exact) mass is 256 g/mol. The summed E-state index contributed by atoms with van der Waals surface area (Å²) in [5.41, 5.74) is 0.993. The van der Waals surface area contributed by atoms with Crippen molar-refractivity contribution in [1.29, 1.82) is 0 Å². The molecule has 6 heteroatoms. The Labute approximate surface area is 102 Å². The Morgan fingerprint density at radius 2 is 2.35 bits per heavy atom. The maximum absolute atomic E-state index is 13.3. The predicted molar refractivity (Wildman–Crippen MR) is 60.9 cm³/mol. The van der Waals surface area contributed by atoms with E-state index in [2.05, 4.69) is 4.98 Å². The van der Waals surface area contributed by atoms with Gasteiger partial charge < -0.3 is 4.74 Å². The standard InChI is InChI=1S/C11H10ClFN2O2/c1-3-17-11(16)9-6(2)14-10-8(12)4-7(13)5-15(9)10/h4-5H,3H2,1-2H3. The van der Waals surface area contributed by atoms with Crippen molar-refractivity contribution in [2.24, 2.45) is 0 Å². The minimum atomic E-state index is -0.542. The first-order valence-electron chi connectivity index (χ1n) is 5.05. The van der Waals surface area contributed by atoms with Gasteiger partial charge in [0.1, 0.15) is 5.82 Å². The number of aryl methyl sites for hydroxylation is 1. The number of rotatable bonds is 2. The van der Waals surface area contributed by atoms with Crippen LogP contribution in [0.5, 0.6) is 0 Å². The van der Waals surface area contributed by atoms with Crippen LogP contribution < -0.4 is 0 Å². The molecule has 2 heterocycles. The summed E-state index contributed by atoms with van der Waals surface area (Å²) in [7, 11) is 0. The molecule has 17 heavy (non-hydrogen) atoms. The van der Waals surface area contributed by atoms with Gasteiger partial charge in [-0.1, -0.05) is 11.6 Å². The molecule has 0 atom stereocenters. The van der Waals surface area contributed by atoms with Crippen molar-refractivity contribution in [3.8, 4) is 0 Å². The molecule has 0 N–H and O–H groups in total. The molecule has 0 aliphatic carbocycles. The Kier molecular flexibility index (Phi) is 3.02. The molecule has 2 aromatic rings. The number of ether oxygens (including phenoxy) is 1. The lowest BCUT2D eigenvalue weighted by molar-refractivity contribution is 0.0517. The van der Waals surface area contributed by atoms with Gasteiger partial charge in [0.2, 0.25) is 0 Å². The number of aromatic nitrogens is 2. The van der Waals surface area contributed by atoms with Crippen molar-refractivity contribution >= 4 is 23.2 Å².